The lowest BCUT2D eigenvalue weighted by atomic mass is 10.1. The number of nitrogens with zero attached hydrogens (tertiary/aromatic N) is 1. The van der Waals surface area contributed by atoms with E-state index in [0.29, 0.717) is 16.4 Å². The molecule has 28 heavy (non-hydrogen) atoms. The van der Waals surface area contributed by atoms with Crippen LogP contribution in [0.15, 0.2) is 78.6 Å². The van der Waals surface area contributed by atoms with Gasteiger partial charge in [0.1, 0.15) is 17.3 Å². The zero-order chi connectivity index (χ0) is 19.9. The van der Waals surface area contributed by atoms with Crippen molar-refractivity contribution in [1.29, 1.82) is 0 Å². The van der Waals surface area contributed by atoms with E-state index in [-0.39, 0.29) is 11.3 Å². The van der Waals surface area contributed by atoms with E-state index in [1.807, 2.05) is 0 Å². The molecule has 1 aromatic heterocycles. The molecule has 0 unspecified atom stereocenters. The number of carbonyl (C=O) groups is 2. The van der Waals surface area contributed by atoms with Crippen LogP contribution in [0.25, 0.3) is 6.08 Å². The summed E-state index contributed by atoms with van der Waals surface area (Å²) < 4.78 is 13.9. The Morgan fingerprint density at radius 2 is 1.68 bits per heavy atom. The SMILES string of the molecule is O=C(Nc1ccccn1)C(=Cc1ccc(Cl)cc1)NC(=O)c1ccccc1F. The molecule has 2 N–H and O–H groups in total. The van der Waals surface area contributed by atoms with E-state index in [0.717, 1.165) is 0 Å². The van der Waals surface area contributed by atoms with Crippen molar-refractivity contribution in [3.8, 4) is 0 Å². The van der Waals surface area contributed by atoms with Gasteiger partial charge in [-0.1, -0.05) is 41.9 Å². The molecule has 0 bridgehead atoms. The molecule has 0 saturated carbocycles. The molecular formula is C21H15ClFN3O2. The summed E-state index contributed by atoms with van der Waals surface area (Å²) in [5, 5.41) is 5.59. The average Bonchev–Trinajstić information content (AvgIpc) is 2.70. The lowest BCUT2D eigenvalue weighted by Gasteiger charge is -2.11. The second kappa shape index (κ2) is 8.92. The number of pyridine rings is 1. The summed E-state index contributed by atoms with van der Waals surface area (Å²) in [5.74, 6) is -1.71. The fourth-order valence-electron chi connectivity index (χ4n) is 2.34. The second-order valence-corrected chi connectivity index (χ2v) is 6.15. The van der Waals surface area contributed by atoms with E-state index in [9.17, 15) is 14.0 Å². The van der Waals surface area contributed by atoms with Gasteiger partial charge in [-0.15, -0.1) is 0 Å². The average molecular weight is 396 g/mol. The maximum atomic E-state index is 13.9. The van der Waals surface area contributed by atoms with Crippen LogP contribution >= 0.6 is 11.6 Å². The summed E-state index contributed by atoms with van der Waals surface area (Å²) in [4.78, 5) is 29.2. The molecule has 2 amide bonds. The predicted molar refractivity (Wildman–Crippen MR) is 106 cm³/mol. The van der Waals surface area contributed by atoms with Gasteiger partial charge in [-0.2, -0.15) is 0 Å². The van der Waals surface area contributed by atoms with E-state index in [4.69, 9.17) is 11.6 Å². The van der Waals surface area contributed by atoms with Crippen LogP contribution in [0.5, 0.6) is 0 Å². The largest absolute Gasteiger partial charge is 0.317 e. The summed E-state index contributed by atoms with van der Waals surface area (Å²) in [6, 6.07) is 17.2. The van der Waals surface area contributed by atoms with Gasteiger partial charge in [0.25, 0.3) is 11.8 Å². The maximum Gasteiger partial charge on any atom is 0.273 e. The zero-order valence-electron chi connectivity index (χ0n) is 14.5. The molecule has 0 saturated heterocycles. The monoisotopic (exact) mass is 395 g/mol. The first-order valence-corrected chi connectivity index (χ1v) is 8.66. The standard InChI is InChI=1S/C21H15ClFN3O2/c22-15-10-8-14(9-11-15)13-18(21(28)26-19-7-3-4-12-24-19)25-20(27)16-5-1-2-6-17(16)23/h1-13H,(H,25,27)(H,24,26,28). The van der Waals surface area contributed by atoms with E-state index < -0.39 is 17.6 Å². The van der Waals surface area contributed by atoms with Crippen LogP contribution in [0.3, 0.4) is 0 Å². The van der Waals surface area contributed by atoms with Gasteiger partial charge in [0.15, 0.2) is 0 Å². The van der Waals surface area contributed by atoms with Crippen LogP contribution in [0.4, 0.5) is 10.2 Å². The van der Waals surface area contributed by atoms with Crippen molar-refractivity contribution < 1.29 is 14.0 Å². The van der Waals surface area contributed by atoms with Crippen LogP contribution in [0.1, 0.15) is 15.9 Å². The van der Waals surface area contributed by atoms with Crippen molar-refractivity contribution in [2.75, 3.05) is 5.32 Å². The van der Waals surface area contributed by atoms with Gasteiger partial charge in [-0.25, -0.2) is 9.37 Å². The fourth-order valence-corrected chi connectivity index (χ4v) is 2.47. The fraction of sp³-hybridized carbons (Fsp3) is 0. The molecule has 0 aliphatic carbocycles. The summed E-state index contributed by atoms with van der Waals surface area (Å²) in [5.41, 5.74) is 0.390. The summed E-state index contributed by atoms with van der Waals surface area (Å²) in [6.45, 7) is 0. The number of nitrogens with one attached hydrogen (secondary N) is 2. The number of aromatic nitrogens is 1. The molecule has 7 heteroatoms. The minimum Gasteiger partial charge on any atom is -0.317 e. The Morgan fingerprint density at radius 1 is 0.964 bits per heavy atom. The first kappa shape index (κ1) is 19.3. The van der Waals surface area contributed by atoms with Gasteiger partial charge in [-0.3, -0.25) is 9.59 Å². The molecule has 5 nitrogen and oxygen atoms in total. The molecular weight excluding hydrogens is 381 g/mol. The second-order valence-electron chi connectivity index (χ2n) is 5.71. The van der Waals surface area contributed by atoms with Gasteiger partial charge in [0.2, 0.25) is 0 Å². The van der Waals surface area contributed by atoms with Crippen molar-refractivity contribution in [2.24, 2.45) is 0 Å². The smallest absolute Gasteiger partial charge is 0.273 e. The molecule has 0 radical (unpaired) electrons. The molecule has 1 heterocycles. The molecule has 0 atom stereocenters. The number of halogens is 2. The van der Waals surface area contributed by atoms with E-state index in [2.05, 4.69) is 15.6 Å². The third kappa shape index (κ3) is 5.02. The molecule has 140 valence electrons. The third-order valence-electron chi connectivity index (χ3n) is 3.70. The Balaban J connectivity index is 1.89. The summed E-state index contributed by atoms with van der Waals surface area (Å²) in [7, 11) is 0. The first-order valence-electron chi connectivity index (χ1n) is 8.28. The first-order chi connectivity index (χ1) is 13.5. The number of hydrogen-bond donors (Lipinski definition) is 2. The third-order valence-corrected chi connectivity index (χ3v) is 3.95. The van der Waals surface area contributed by atoms with Crippen LogP contribution < -0.4 is 10.6 Å². The molecule has 2 aromatic carbocycles. The Hall–Kier alpha value is -3.51. The summed E-state index contributed by atoms with van der Waals surface area (Å²) in [6.07, 6.45) is 2.99. The highest BCUT2D eigenvalue weighted by atomic mass is 35.5. The van der Waals surface area contributed by atoms with Crippen LogP contribution in [-0.2, 0) is 4.79 Å². The predicted octanol–water partition coefficient (Wildman–Crippen LogP) is 4.28. The van der Waals surface area contributed by atoms with Crippen molar-refractivity contribution in [2.45, 2.75) is 0 Å². The van der Waals surface area contributed by atoms with Crippen LogP contribution in [0, 0.1) is 5.82 Å². The lowest BCUT2D eigenvalue weighted by Crippen LogP contribution is -2.31. The van der Waals surface area contributed by atoms with E-state index in [1.54, 1.807) is 42.5 Å². The Bertz CT molecular complexity index is 1020. The number of amides is 2. The number of benzene rings is 2. The van der Waals surface area contributed by atoms with Crippen LogP contribution in [0.2, 0.25) is 5.02 Å². The zero-order valence-corrected chi connectivity index (χ0v) is 15.3. The molecule has 0 spiro atoms. The highest BCUT2D eigenvalue weighted by Gasteiger charge is 2.17. The van der Waals surface area contributed by atoms with Crippen molar-refractivity contribution in [3.05, 3.63) is 101 Å². The quantitative estimate of drug-likeness (QED) is 0.633. The molecule has 3 rings (SSSR count). The van der Waals surface area contributed by atoms with Gasteiger partial charge in [0.05, 0.1) is 5.56 Å². The van der Waals surface area contributed by atoms with Crippen molar-refractivity contribution >= 4 is 35.3 Å². The Labute approximate surface area is 165 Å². The van der Waals surface area contributed by atoms with Crippen molar-refractivity contribution in [1.82, 2.24) is 10.3 Å². The minimum atomic E-state index is -0.741. The molecule has 0 fully saturated rings. The van der Waals surface area contributed by atoms with Gasteiger partial charge < -0.3 is 10.6 Å². The molecule has 3 aromatic rings. The van der Waals surface area contributed by atoms with Gasteiger partial charge in [0, 0.05) is 11.2 Å². The summed E-state index contributed by atoms with van der Waals surface area (Å²) >= 11 is 5.88. The van der Waals surface area contributed by atoms with Gasteiger partial charge in [-0.05, 0) is 48.0 Å². The van der Waals surface area contributed by atoms with Crippen LogP contribution in [-0.4, -0.2) is 16.8 Å². The Morgan fingerprint density at radius 3 is 2.36 bits per heavy atom. The number of hydrogen-bond acceptors (Lipinski definition) is 3. The Kier molecular flexibility index (Phi) is 6.14. The minimum absolute atomic E-state index is 0.0683. The van der Waals surface area contributed by atoms with E-state index >= 15 is 0 Å². The number of carbonyl (C=O) groups excluding carboxylic acids is 2. The number of anilines is 1. The normalized spacial score (nSPS) is 11.0. The number of rotatable bonds is 5. The maximum absolute atomic E-state index is 13.9. The van der Waals surface area contributed by atoms with Gasteiger partial charge >= 0.3 is 0 Å². The highest BCUT2D eigenvalue weighted by Crippen LogP contribution is 2.14. The topological polar surface area (TPSA) is 71.1 Å². The molecule has 0 aliphatic rings. The lowest BCUT2D eigenvalue weighted by molar-refractivity contribution is -0.113. The van der Waals surface area contributed by atoms with E-state index in [1.165, 1.54) is 36.5 Å². The van der Waals surface area contributed by atoms with Crippen molar-refractivity contribution in [3.63, 3.8) is 0 Å². The highest BCUT2D eigenvalue weighted by molar-refractivity contribution is 6.30. The molecule has 0 aliphatic heterocycles.